The molecule has 0 spiro atoms. The fourth-order valence-electron chi connectivity index (χ4n) is 0.461. The molecule has 4 heteroatoms. The van der Waals surface area contributed by atoms with Gasteiger partial charge < -0.3 is 11.1 Å². The van der Waals surface area contributed by atoms with Crippen molar-refractivity contribution in [2.45, 2.75) is 0 Å². The van der Waals surface area contributed by atoms with Crippen molar-refractivity contribution in [3.8, 4) is 0 Å². The second kappa shape index (κ2) is 2.21. The first-order valence-corrected chi connectivity index (χ1v) is 2.40. The number of hydrogen-bond acceptors (Lipinski definition) is 4. The number of anilines is 1. The lowest BCUT2D eigenvalue weighted by molar-refractivity contribution is 1.17. The van der Waals surface area contributed by atoms with E-state index in [1.54, 1.807) is 0 Å². The zero-order chi connectivity index (χ0) is 6.69. The van der Waals surface area contributed by atoms with Crippen LogP contribution in [0.1, 0.15) is 5.56 Å². The zero-order valence-corrected chi connectivity index (χ0v) is 4.70. The maximum Gasteiger partial charge on any atom is 0.135 e. The van der Waals surface area contributed by atoms with Gasteiger partial charge in [-0.05, 0) is 0 Å². The molecule has 0 fully saturated rings. The summed E-state index contributed by atoms with van der Waals surface area (Å²) < 4.78 is 0. The molecule has 0 amide bonds. The van der Waals surface area contributed by atoms with Crippen LogP contribution in [0.15, 0.2) is 12.5 Å². The summed E-state index contributed by atoms with van der Waals surface area (Å²) in [5, 5.41) is 6.80. The predicted molar refractivity (Wildman–Crippen MR) is 34.3 cm³/mol. The van der Waals surface area contributed by atoms with Crippen LogP contribution in [0.3, 0.4) is 0 Å². The summed E-state index contributed by atoms with van der Waals surface area (Å²) in [7, 11) is 0. The number of nitrogens with one attached hydrogen (secondary N) is 1. The van der Waals surface area contributed by atoms with Gasteiger partial charge in [0.2, 0.25) is 0 Å². The second-order valence-corrected chi connectivity index (χ2v) is 1.51. The van der Waals surface area contributed by atoms with Crippen LogP contribution in [-0.2, 0) is 0 Å². The van der Waals surface area contributed by atoms with E-state index in [1.165, 1.54) is 12.5 Å². The number of nitrogens with two attached hydrogens (primary N) is 1. The molecule has 4 nitrogen and oxygen atoms in total. The van der Waals surface area contributed by atoms with Gasteiger partial charge in [-0.3, -0.25) is 0 Å². The Bertz CT molecular complexity index is 220. The summed E-state index contributed by atoms with van der Waals surface area (Å²) in [5.41, 5.74) is 5.88. The largest absolute Gasteiger partial charge is 0.383 e. The standard InChI is InChI=1S/C5H6N4/c6-1-4-2-8-3-9-5(4)7/h1-3,6H,(H2,7,8,9). The lowest BCUT2D eigenvalue weighted by Crippen LogP contribution is -1.96. The van der Waals surface area contributed by atoms with Crippen LogP contribution in [-0.4, -0.2) is 16.2 Å². The topological polar surface area (TPSA) is 75.7 Å². The molecule has 0 aliphatic heterocycles. The van der Waals surface area contributed by atoms with Gasteiger partial charge >= 0.3 is 0 Å². The van der Waals surface area contributed by atoms with Gasteiger partial charge in [-0.25, -0.2) is 9.97 Å². The molecule has 1 rings (SSSR count). The van der Waals surface area contributed by atoms with Gasteiger partial charge in [0, 0.05) is 12.4 Å². The van der Waals surface area contributed by atoms with Gasteiger partial charge in [-0.1, -0.05) is 0 Å². The molecule has 0 unspecified atom stereocenters. The van der Waals surface area contributed by atoms with E-state index in [-0.39, 0.29) is 0 Å². The van der Waals surface area contributed by atoms with Crippen LogP contribution in [0.25, 0.3) is 0 Å². The van der Waals surface area contributed by atoms with Crippen molar-refractivity contribution in [2.75, 3.05) is 5.73 Å². The van der Waals surface area contributed by atoms with Crippen molar-refractivity contribution in [1.82, 2.24) is 9.97 Å². The third kappa shape index (κ3) is 1.02. The Hall–Kier alpha value is -1.45. The first kappa shape index (κ1) is 5.68. The number of nitrogens with zero attached hydrogens (tertiary/aromatic N) is 2. The third-order valence-corrected chi connectivity index (χ3v) is 0.928. The van der Waals surface area contributed by atoms with Gasteiger partial charge in [0.05, 0.1) is 5.56 Å². The lowest BCUT2D eigenvalue weighted by Gasteiger charge is -1.92. The van der Waals surface area contributed by atoms with E-state index in [2.05, 4.69) is 9.97 Å². The van der Waals surface area contributed by atoms with Crippen LogP contribution >= 0.6 is 0 Å². The van der Waals surface area contributed by atoms with Crippen LogP contribution in [0.5, 0.6) is 0 Å². The van der Waals surface area contributed by atoms with E-state index in [9.17, 15) is 0 Å². The van der Waals surface area contributed by atoms with Crippen molar-refractivity contribution in [1.29, 1.82) is 5.41 Å². The molecule has 0 aliphatic carbocycles. The smallest absolute Gasteiger partial charge is 0.135 e. The molecule has 1 heterocycles. The van der Waals surface area contributed by atoms with Crippen molar-refractivity contribution >= 4 is 12.0 Å². The molecule has 0 saturated heterocycles. The molecular weight excluding hydrogens is 116 g/mol. The Morgan fingerprint density at radius 3 is 2.89 bits per heavy atom. The van der Waals surface area contributed by atoms with Crippen LogP contribution in [0.2, 0.25) is 0 Å². The third-order valence-electron chi connectivity index (χ3n) is 0.928. The first-order chi connectivity index (χ1) is 4.34. The minimum absolute atomic E-state index is 0.347. The van der Waals surface area contributed by atoms with Crippen molar-refractivity contribution in [3.63, 3.8) is 0 Å². The number of hydrogen-bond donors (Lipinski definition) is 2. The van der Waals surface area contributed by atoms with Crippen molar-refractivity contribution in [2.24, 2.45) is 0 Å². The van der Waals surface area contributed by atoms with Gasteiger partial charge in [-0.15, -0.1) is 0 Å². The fraction of sp³-hybridized carbons (Fsp3) is 0. The summed E-state index contributed by atoms with van der Waals surface area (Å²) in [5.74, 6) is 0.347. The zero-order valence-electron chi connectivity index (χ0n) is 4.70. The molecular formula is C5H6N4. The SMILES string of the molecule is N=Cc1cncnc1N. The molecule has 0 bridgehead atoms. The van der Waals surface area contributed by atoms with E-state index >= 15 is 0 Å². The monoisotopic (exact) mass is 122 g/mol. The molecule has 0 atom stereocenters. The summed E-state index contributed by atoms with van der Waals surface area (Å²) in [6.07, 6.45) is 3.97. The molecule has 0 saturated carbocycles. The fourth-order valence-corrected chi connectivity index (χ4v) is 0.461. The normalized spacial score (nSPS) is 8.89. The maximum absolute atomic E-state index is 6.80. The number of aromatic nitrogens is 2. The molecule has 0 radical (unpaired) electrons. The van der Waals surface area contributed by atoms with E-state index in [0.717, 1.165) is 6.21 Å². The molecule has 0 aromatic carbocycles. The van der Waals surface area contributed by atoms with E-state index < -0.39 is 0 Å². The molecule has 0 aliphatic rings. The summed E-state index contributed by atoms with van der Waals surface area (Å²) in [4.78, 5) is 7.34. The van der Waals surface area contributed by atoms with Crippen LogP contribution in [0, 0.1) is 5.41 Å². The maximum atomic E-state index is 6.80. The highest BCUT2D eigenvalue weighted by atomic mass is 14.9. The van der Waals surface area contributed by atoms with E-state index in [0.29, 0.717) is 11.4 Å². The predicted octanol–water partition coefficient (Wildman–Crippen LogP) is 0.0565. The Morgan fingerprint density at radius 2 is 2.44 bits per heavy atom. The number of nitrogen functional groups attached to an aromatic ring is 1. The van der Waals surface area contributed by atoms with Gasteiger partial charge in [0.1, 0.15) is 12.1 Å². The Balaban J connectivity index is 3.15. The first-order valence-electron chi connectivity index (χ1n) is 2.40. The second-order valence-electron chi connectivity index (χ2n) is 1.51. The van der Waals surface area contributed by atoms with Gasteiger partial charge in [0.25, 0.3) is 0 Å². The summed E-state index contributed by atoms with van der Waals surface area (Å²) in [6.45, 7) is 0. The van der Waals surface area contributed by atoms with Crippen LogP contribution < -0.4 is 5.73 Å². The molecule has 1 aromatic rings. The molecule has 46 valence electrons. The Labute approximate surface area is 52.3 Å². The Morgan fingerprint density at radius 1 is 1.67 bits per heavy atom. The minimum atomic E-state index is 0.347. The summed E-state index contributed by atoms with van der Waals surface area (Å²) >= 11 is 0. The average molecular weight is 122 g/mol. The summed E-state index contributed by atoms with van der Waals surface area (Å²) in [6, 6.07) is 0. The minimum Gasteiger partial charge on any atom is -0.383 e. The van der Waals surface area contributed by atoms with Gasteiger partial charge in [-0.2, -0.15) is 0 Å². The van der Waals surface area contributed by atoms with E-state index in [1.807, 2.05) is 0 Å². The average Bonchev–Trinajstić information content (AvgIpc) is 1.89. The quantitative estimate of drug-likeness (QED) is 0.517. The van der Waals surface area contributed by atoms with Crippen LogP contribution in [0.4, 0.5) is 5.82 Å². The van der Waals surface area contributed by atoms with E-state index in [4.69, 9.17) is 11.1 Å². The number of rotatable bonds is 1. The van der Waals surface area contributed by atoms with Crippen molar-refractivity contribution in [3.05, 3.63) is 18.1 Å². The highest BCUT2D eigenvalue weighted by Gasteiger charge is 1.91. The highest BCUT2D eigenvalue weighted by Crippen LogP contribution is 1.98. The lowest BCUT2D eigenvalue weighted by atomic mass is 10.3. The van der Waals surface area contributed by atoms with Gasteiger partial charge in [0.15, 0.2) is 0 Å². The molecule has 1 aromatic heterocycles. The molecule has 3 N–H and O–H groups in total. The molecule has 9 heavy (non-hydrogen) atoms. The Kier molecular flexibility index (Phi) is 1.40. The highest BCUT2D eigenvalue weighted by molar-refractivity contribution is 5.82. The van der Waals surface area contributed by atoms with Crippen molar-refractivity contribution < 1.29 is 0 Å².